The molecule has 28 heavy (non-hydrogen) atoms. The Morgan fingerprint density at radius 1 is 1.11 bits per heavy atom. The molecule has 0 amide bonds. The van der Waals surface area contributed by atoms with E-state index in [1.807, 2.05) is 31.2 Å². The lowest BCUT2D eigenvalue weighted by atomic mass is 9.97. The van der Waals surface area contributed by atoms with Crippen LogP contribution in [0.4, 0.5) is 0 Å². The molecule has 3 aromatic rings. The zero-order chi connectivity index (χ0) is 19.7. The summed E-state index contributed by atoms with van der Waals surface area (Å²) >= 11 is 5.95. The average Bonchev–Trinajstić information content (AvgIpc) is 3.18. The molecule has 1 aromatic heterocycles. The van der Waals surface area contributed by atoms with E-state index in [1.165, 1.54) is 10.4 Å². The van der Waals surface area contributed by atoms with Crippen LogP contribution in [-0.2, 0) is 10.0 Å². The minimum Gasteiger partial charge on any atom is -0.334 e. The van der Waals surface area contributed by atoms with Crippen molar-refractivity contribution in [2.24, 2.45) is 0 Å². The highest BCUT2D eigenvalue weighted by Gasteiger charge is 2.32. The van der Waals surface area contributed by atoms with Gasteiger partial charge in [-0.25, -0.2) is 8.42 Å². The first-order chi connectivity index (χ1) is 13.4. The molecular formula is C20H20ClN3O3S. The summed E-state index contributed by atoms with van der Waals surface area (Å²) in [6.45, 7) is 2.82. The van der Waals surface area contributed by atoms with E-state index in [-0.39, 0.29) is 10.8 Å². The Morgan fingerprint density at radius 2 is 1.86 bits per heavy atom. The number of benzene rings is 2. The van der Waals surface area contributed by atoms with Crippen molar-refractivity contribution in [2.45, 2.75) is 30.6 Å². The number of rotatable bonds is 4. The van der Waals surface area contributed by atoms with Crippen molar-refractivity contribution >= 4 is 21.6 Å². The molecule has 0 saturated carbocycles. The van der Waals surface area contributed by atoms with Crippen LogP contribution in [0, 0.1) is 6.92 Å². The van der Waals surface area contributed by atoms with Crippen molar-refractivity contribution in [1.29, 1.82) is 0 Å². The third-order valence-electron chi connectivity index (χ3n) is 5.07. The predicted octanol–water partition coefficient (Wildman–Crippen LogP) is 4.27. The molecule has 0 unspecified atom stereocenters. The molecule has 146 valence electrons. The van der Waals surface area contributed by atoms with Crippen molar-refractivity contribution in [3.05, 3.63) is 64.9 Å². The van der Waals surface area contributed by atoms with E-state index in [0.29, 0.717) is 42.7 Å². The van der Waals surface area contributed by atoms with Crippen LogP contribution < -0.4 is 0 Å². The fourth-order valence-electron chi connectivity index (χ4n) is 3.45. The summed E-state index contributed by atoms with van der Waals surface area (Å²) in [5.41, 5.74) is 1.99. The summed E-state index contributed by atoms with van der Waals surface area (Å²) in [5, 5.41) is 4.55. The predicted molar refractivity (Wildman–Crippen MR) is 107 cm³/mol. The van der Waals surface area contributed by atoms with E-state index in [2.05, 4.69) is 10.1 Å². The van der Waals surface area contributed by atoms with Gasteiger partial charge in [-0.05, 0) is 49.6 Å². The largest absolute Gasteiger partial charge is 0.334 e. The van der Waals surface area contributed by atoms with Crippen molar-refractivity contribution < 1.29 is 12.9 Å². The molecule has 1 aliphatic rings. The molecule has 6 nitrogen and oxygen atoms in total. The molecule has 1 fully saturated rings. The van der Waals surface area contributed by atoms with Gasteiger partial charge in [-0.3, -0.25) is 0 Å². The Bertz CT molecular complexity index is 1090. The van der Waals surface area contributed by atoms with Gasteiger partial charge >= 0.3 is 0 Å². The number of hydrogen-bond donors (Lipinski definition) is 0. The van der Waals surface area contributed by atoms with Gasteiger partial charge in [0, 0.05) is 29.6 Å². The molecule has 1 aliphatic heterocycles. The molecule has 1 saturated heterocycles. The molecule has 0 atom stereocenters. The van der Waals surface area contributed by atoms with Crippen LogP contribution in [0.2, 0.25) is 5.02 Å². The van der Waals surface area contributed by atoms with Gasteiger partial charge in [0.25, 0.3) is 5.89 Å². The van der Waals surface area contributed by atoms with Crippen LogP contribution in [0.3, 0.4) is 0 Å². The van der Waals surface area contributed by atoms with Crippen molar-refractivity contribution in [3.8, 4) is 11.5 Å². The zero-order valence-corrected chi connectivity index (χ0v) is 16.9. The number of aromatic nitrogens is 2. The Kier molecular flexibility index (Phi) is 5.23. The van der Waals surface area contributed by atoms with Crippen molar-refractivity contribution in [2.75, 3.05) is 13.1 Å². The molecule has 0 N–H and O–H groups in total. The Morgan fingerprint density at radius 3 is 2.57 bits per heavy atom. The molecule has 0 spiro atoms. The third-order valence-corrected chi connectivity index (χ3v) is 7.20. The van der Waals surface area contributed by atoms with E-state index in [1.54, 1.807) is 18.2 Å². The lowest BCUT2D eigenvalue weighted by Gasteiger charge is -2.29. The Balaban J connectivity index is 1.47. The smallest absolute Gasteiger partial charge is 0.258 e. The van der Waals surface area contributed by atoms with Crippen LogP contribution in [0.5, 0.6) is 0 Å². The van der Waals surface area contributed by atoms with Gasteiger partial charge in [-0.15, -0.1) is 0 Å². The van der Waals surface area contributed by atoms with Crippen LogP contribution in [0.1, 0.15) is 30.1 Å². The van der Waals surface area contributed by atoms with Crippen molar-refractivity contribution in [3.63, 3.8) is 0 Å². The van der Waals surface area contributed by atoms with E-state index < -0.39 is 10.0 Å². The van der Waals surface area contributed by atoms with Crippen LogP contribution >= 0.6 is 11.6 Å². The topological polar surface area (TPSA) is 76.3 Å². The first-order valence-corrected chi connectivity index (χ1v) is 10.9. The van der Waals surface area contributed by atoms with Gasteiger partial charge in [0.1, 0.15) is 0 Å². The number of halogens is 1. The number of aryl methyl sites for hydroxylation is 1. The molecule has 0 bridgehead atoms. The molecule has 0 aliphatic carbocycles. The zero-order valence-electron chi connectivity index (χ0n) is 15.4. The second kappa shape index (κ2) is 7.66. The van der Waals surface area contributed by atoms with Gasteiger partial charge in [0.15, 0.2) is 5.82 Å². The summed E-state index contributed by atoms with van der Waals surface area (Å²) in [7, 11) is -3.55. The first kappa shape index (κ1) is 19.1. The maximum absolute atomic E-state index is 12.8. The number of piperidine rings is 1. The Hall–Kier alpha value is -2.22. The second-order valence-electron chi connectivity index (χ2n) is 6.91. The van der Waals surface area contributed by atoms with Gasteiger partial charge in [-0.2, -0.15) is 9.29 Å². The van der Waals surface area contributed by atoms with Crippen molar-refractivity contribution in [1.82, 2.24) is 14.4 Å². The fourth-order valence-corrected chi connectivity index (χ4v) is 5.22. The van der Waals surface area contributed by atoms with E-state index in [9.17, 15) is 8.42 Å². The summed E-state index contributed by atoms with van der Waals surface area (Å²) in [5.74, 6) is 1.22. The lowest BCUT2D eigenvalue weighted by Crippen LogP contribution is -2.38. The minimum absolute atomic E-state index is 0.0762. The minimum atomic E-state index is -3.55. The maximum Gasteiger partial charge on any atom is 0.258 e. The van der Waals surface area contributed by atoms with Gasteiger partial charge in [0.2, 0.25) is 10.0 Å². The molecule has 8 heteroatoms. The standard InChI is InChI=1S/C20H20ClN3O3S/c1-14-5-2-3-8-18(14)20-22-19(23-27-20)15-9-11-24(12-10-15)28(25,26)17-7-4-6-16(21)13-17/h2-8,13,15H,9-12H2,1H3. The highest BCUT2D eigenvalue weighted by Crippen LogP contribution is 2.31. The normalized spacial score (nSPS) is 16.4. The Labute approximate surface area is 169 Å². The molecular weight excluding hydrogens is 398 g/mol. The lowest BCUT2D eigenvalue weighted by molar-refractivity contribution is 0.307. The van der Waals surface area contributed by atoms with Crippen LogP contribution in [0.25, 0.3) is 11.5 Å². The molecule has 2 aromatic carbocycles. The molecule has 0 radical (unpaired) electrons. The van der Waals surface area contributed by atoms with Crippen LogP contribution in [0.15, 0.2) is 57.9 Å². The quantitative estimate of drug-likeness (QED) is 0.633. The van der Waals surface area contributed by atoms with E-state index in [0.717, 1.165) is 11.1 Å². The highest BCUT2D eigenvalue weighted by atomic mass is 35.5. The van der Waals surface area contributed by atoms with Gasteiger partial charge < -0.3 is 4.52 Å². The number of hydrogen-bond acceptors (Lipinski definition) is 5. The summed E-state index contributed by atoms with van der Waals surface area (Å²) in [6.07, 6.45) is 1.29. The molecule has 2 heterocycles. The average molecular weight is 418 g/mol. The maximum atomic E-state index is 12.8. The molecule has 4 rings (SSSR count). The third kappa shape index (κ3) is 3.70. The van der Waals surface area contributed by atoms with E-state index >= 15 is 0 Å². The SMILES string of the molecule is Cc1ccccc1-c1nc(C2CCN(S(=O)(=O)c3cccc(Cl)c3)CC2)no1. The summed E-state index contributed by atoms with van der Waals surface area (Å²) in [6, 6.07) is 14.2. The fraction of sp³-hybridized carbons (Fsp3) is 0.300. The van der Waals surface area contributed by atoms with Gasteiger partial charge in [-0.1, -0.05) is 41.0 Å². The van der Waals surface area contributed by atoms with Gasteiger partial charge in [0.05, 0.1) is 4.90 Å². The number of sulfonamides is 1. The summed E-state index contributed by atoms with van der Waals surface area (Å²) < 4.78 is 32.6. The van der Waals surface area contributed by atoms with E-state index in [4.69, 9.17) is 16.1 Å². The monoisotopic (exact) mass is 417 g/mol. The highest BCUT2D eigenvalue weighted by molar-refractivity contribution is 7.89. The second-order valence-corrected chi connectivity index (χ2v) is 9.28. The summed E-state index contributed by atoms with van der Waals surface area (Å²) in [4.78, 5) is 4.78. The first-order valence-electron chi connectivity index (χ1n) is 9.10. The number of nitrogens with zero attached hydrogens (tertiary/aromatic N) is 3. The van der Waals surface area contributed by atoms with Crippen LogP contribution in [-0.4, -0.2) is 36.0 Å².